The van der Waals surface area contributed by atoms with E-state index in [-0.39, 0.29) is 27.7 Å². The molecule has 15 heavy (non-hydrogen) atoms. The summed E-state index contributed by atoms with van der Waals surface area (Å²) in [5.41, 5.74) is 1.35. The maximum atomic E-state index is 2.38. The van der Waals surface area contributed by atoms with Gasteiger partial charge in [-0.2, -0.15) is 18.3 Å². The van der Waals surface area contributed by atoms with E-state index in [1.165, 1.54) is 10.9 Å². The van der Waals surface area contributed by atoms with Crippen LogP contribution in [0, 0.1) is 0 Å². The summed E-state index contributed by atoms with van der Waals surface area (Å²) in [6.45, 7) is 11.2. The predicted octanol–water partition coefficient (Wildman–Crippen LogP) is -0.502. The quantitative estimate of drug-likeness (QED) is 0.610. The van der Waals surface area contributed by atoms with Gasteiger partial charge in [0.2, 0.25) is 0 Å². The van der Waals surface area contributed by atoms with Crippen molar-refractivity contribution in [2.75, 3.05) is 18.0 Å². The largest absolute Gasteiger partial charge is 1.00 e. The van der Waals surface area contributed by atoms with Gasteiger partial charge in [-0.15, -0.1) is 0 Å². The van der Waals surface area contributed by atoms with E-state index >= 15 is 0 Å². The number of hydrogen-bond donors (Lipinski definition) is 0. The first-order valence-corrected chi connectivity index (χ1v) is 7.84. The van der Waals surface area contributed by atoms with Crippen molar-refractivity contribution in [1.82, 2.24) is 0 Å². The van der Waals surface area contributed by atoms with Crippen molar-refractivity contribution in [3.63, 3.8) is 0 Å². The molecule has 1 nitrogen and oxygen atoms in total. The maximum Gasteiger partial charge on any atom is 1.00 e. The number of anilines is 1. The molecule has 0 saturated carbocycles. The average Bonchev–Trinajstić information content (AvgIpc) is 2.20. The second kappa shape index (κ2) is 7.16. The molecule has 0 aliphatic rings. The van der Waals surface area contributed by atoms with Crippen molar-refractivity contribution >= 4 is 19.7 Å². The molecule has 3 heteroatoms. The molecule has 0 radical (unpaired) electrons. The van der Waals surface area contributed by atoms with E-state index < -0.39 is 0 Å². The first-order valence-electron chi connectivity index (χ1n) is 5.34. The molecule has 0 N–H and O–H groups in total. The summed E-state index contributed by atoms with van der Waals surface area (Å²) in [6.07, 6.45) is 0. The zero-order chi connectivity index (χ0) is 10.6. The zero-order valence-corrected chi connectivity index (χ0v) is 11.7. The van der Waals surface area contributed by atoms with E-state index in [1.54, 1.807) is 0 Å². The molecule has 0 unspecified atom stereocenters. The van der Waals surface area contributed by atoms with Crippen molar-refractivity contribution in [3.05, 3.63) is 24.3 Å². The Balaban J connectivity index is 0.00000196. The zero-order valence-electron chi connectivity index (χ0n) is 10.7. The third kappa shape index (κ3) is 4.06. The van der Waals surface area contributed by atoms with E-state index in [0.717, 1.165) is 13.1 Å². The fraction of sp³-hybridized carbons (Fsp3) is 0.500. The summed E-state index contributed by atoms with van der Waals surface area (Å²) in [6, 6.07) is 9.06. The second-order valence-electron chi connectivity index (χ2n) is 3.72. The number of benzene rings is 1. The van der Waals surface area contributed by atoms with Gasteiger partial charge in [0.15, 0.2) is 0 Å². The number of hydrogen-bond acceptors (Lipinski definition) is 1. The molecule has 0 aliphatic heterocycles. The van der Waals surface area contributed by atoms with Gasteiger partial charge in [0.05, 0.1) is 0 Å². The van der Waals surface area contributed by atoms with Gasteiger partial charge in [-0.1, -0.05) is 12.1 Å². The number of rotatable bonds is 4. The SMILES string of the molecule is CCN(CC)c1ccc([Si-](C)C)cc1.[Li+]. The van der Waals surface area contributed by atoms with Crippen LogP contribution in [-0.2, 0) is 0 Å². The molecule has 0 amide bonds. The molecule has 0 bridgehead atoms. The summed E-state index contributed by atoms with van der Waals surface area (Å²) in [7, 11) is -0.286. The summed E-state index contributed by atoms with van der Waals surface area (Å²) in [4.78, 5) is 2.38. The minimum atomic E-state index is -0.286. The molecule has 0 fully saturated rings. The molecule has 0 aliphatic carbocycles. The van der Waals surface area contributed by atoms with Crippen LogP contribution < -0.4 is 28.9 Å². The third-order valence-electron chi connectivity index (χ3n) is 2.57. The summed E-state index contributed by atoms with van der Waals surface area (Å²) in [5.74, 6) is 0. The first kappa shape index (κ1) is 14.8. The van der Waals surface area contributed by atoms with Crippen LogP contribution in [0.15, 0.2) is 24.3 Å². The van der Waals surface area contributed by atoms with Crippen LogP contribution in [0.5, 0.6) is 0 Å². The van der Waals surface area contributed by atoms with Gasteiger partial charge in [0, 0.05) is 18.8 Å². The predicted molar refractivity (Wildman–Crippen MR) is 67.1 cm³/mol. The molecule has 0 aromatic heterocycles. The van der Waals surface area contributed by atoms with Gasteiger partial charge in [0.1, 0.15) is 0 Å². The fourth-order valence-corrected chi connectivity index (χ4v) is 2.43. The molecule has 1 aromatic carbocycles. The Morgan fingerprint density at radius 3 is 1.80 bits per heavy atom. The Morgan fingerprint density at radius 1 is 1.00 bits per heavy atom. The molecule has 1 rings (SSSR count). The van der Waals surface area contributed by atoms with Gasteiger partial charge < -0.3 is 4.90 Å². The van der Waals surface area contributed by atoms with Crippen molar-refractivity contribution in [2.45, 2.75) is 26.9 Å². The molecule has 0 spiro atoms. The molecule has 1 aromatic rings. The minimum absolute atomic E-state index is 0. The number of nitrogens with zero attached hydrogens (tertiary/aromatic N) is 1. The smallest absolute Gasteiger partial charge is 0.372 e. The van der Waals surface area contributed by atoms with Gasteiger partial charge in [-0.3, -0.25) is 8.80 Å². The standard InChI is InChI=1S/C12H20NSi.Li/c1-5-13(6-2)11-7-9-12(10-8-11)14(3)4;/h7-10H,5-6H2,1-4H3;/q-1;+1. The van der Waals surface area contributed by atoms with Crippen molar-refractivity contribution in [1.29, 1.82) is 0 Å². The molecular formula is C12H20LiNSi. The Kier molecular flexibility index (Phi) is 7.09. The maximum absolute atomic E-state index is 2.38. The molecule has 0 heterocycles. The van der Waals surface area contributed by atoms with E-state index in [2.05, 4.69) is 56.1 Å². The molecule has 0 atom stereocenters. The Bertz CT molecular complexity index is 267. The monoisotopic (exact) mass is 213 g/mol. The van der Waals surface area contributed by atoms with Crippen LogP contribution >= 0.6 is 0 Å². The summed E-state index contributed by atoms with van der Waals surface area (Å²) >= 11 is 0. The Morgan fingerprint density at radius 2 is 1.47 bits per heavy atom. The van der Waals surface area contributed by atoms with Crippen molar-refractivity contribution in [3.8, 4) is 0 Å². The summed E-state index contributed by atoms with van der Waals surface area (Å²) < 4.78 is 0. The van der Waals surface area contributed by atoms with Crippen molar-refractivity contribution < 1.29 is 18.9 Å². The van der Waals surface area contributed by atoms with Crippen LogP contribution in [-0.4, -0.2) is 21.9 Å². The minimum Gasteiger partial charge on any atom is -0.372 e. The normalized spacial score (nSPS) is 9.33. The van der Waals surface area contributed by atoms with E-state index in [1.807, 2.05) is 0 Å². The van der Waals surface area contributed by atoms with Crippen LogP contribution in [0.3, 0.4) is 0 Å². The third-order valence-corrected chi connectivity index (χ3v) is 4.06. The topological polar surface area (TPSA) is 3.24 Å². The second-order valence-corrected chi connectivity index (χ2v) is 6.30. The summed E-state index contributed by atoms with van der Waals surface area (Å²) in [5, 5.41) is 1.52. The molecular weight excluding hydrogens is 193 g/mol. The van der Waals surface area contributed by atoms with Gasteiger partial charge >= 0.3 is 18.9 Å². The van der Waals surface area contributed by atoms with Gasteiger partial charge in [-0.05, 0) is 26.0 Å². The van der Waals surface area contributed by atoms with Crippen LogP contribution in [0.4, 0.5) is 5.69 Å². The first-order chi connectivity index (χ1) is 6.69. The van der Waals surface area contributed by atoms with Crippen molar-refractivity contribution in [2.24, 2.45) is 0 Å². The Hall–Kier alpha value is -0.166. The molecule has 0 saturated heterocycles. The van der Waals surface area contributed by atoms with Crippen LogP contribution in [0.1, 0.15) is 13.8 Å². The van der Waals surface area contributed by atoms with Gasteiger partial charge in [0.25, 0.3) is 0 Å². The van der Waals surface area contributed by atoms with Gasteiger partial charge in [-0.25, -0.2) is 0 Å². The van der Waals surface area contributed by atoms with Crippen LogP contribution in [0.2, 0.25) is 13.1 Å². The van der Waals surface area contributed by atoms with E-state index in [0.29, 0.717) is 0 Å². The fourth-order valence-electron chi connectivity index (χ4n) is 1.59. The Labute approximate surface area is 108 Å². The van der Waals surface area contributed by atoms with E-state index in [9.17, 15) is 0 Å². The average molecular weight is 213 g/mol. The van der Waals surface area contributed by atoms with E-state index in [4.69, 9.17) is 0 Å². The molecule has 78 valence electrons. The van der Waals surface area contributed by atoms with Crippen LogP contribution in [0.25, 0.3) is 0 Å².